The molecule has 1 amide bonds. The SMILES string of the molecule is COC(=O)C(CC1CCCc2scnc21)NC(=O)OC(C)(C)C. The largest absolute Gasteiger partial charge is 0.467 e. The Morgan fingerprint density at radius 1 is 1.48 bits per heavy atom. The molecule has 7 heteroatoms. The van der Waals surface area contributed by atoms with E-state index in [-0.39, 0.29) is 5.92 Å². The number of aryl methyl sites for hydroxylation is 1. The van der Waals surface area contributed by atoms with Crippen molar-refractivity contribution in [2.24, 2.45) is 0 Å². The highest BCUT2D eigenvalue weighted by molar-refractivity contribution is 7.09. The molecule has 2 unspecified atom stereocenters. The van der Waals surface area contributed by atoms with Gasteiger partial charge in [0.2, 0.25) is 0 Å². The molecular weight excluding hydrogens is 316 g/mol. The third kappa shape index (κ3) is 4.92. The lowest BCUT2D eigenvalue weighted by Gasteiger charge is -2.26. The van der Waals surface area contributed by atoms with Crippen LogP contribution in [0.25, 0.3) is 0 Å². The Labute approximate surface area is 140 Å². The third-order valence-corrected chi connectivity index (χ3v) is 4.62. The highest BCUT2D eigenvalue weighted by Gasteiger charge is 2.31. The second-order valence-corrected chi connectivity index (χ2v) is 7.65. The third-order valence-electron chi connectivity index (χ3n) is 3.71. The number of hydrogen-bond donors (Lipinski definition) is 1. The van der Waals surface area contributed by atoms with E-state index in [0.717, 1.165) is 25.0 Å². The molecule has 1 aliphatic carbocycles. The molecule has 128 valence electrons. The molecule has 0 saturated carbocycles. The number of carbonyl (C=O) groups excluding carboxylic acids is 2. The van der Waals surface area contributed by atoms with E-state index in [4.69, 9.17) is 9.47 Å². The van der Waals surface area contributed by atoms with Gasteiger partial charge in [0.15, 0.2) is 0 Å². The molecule has 23 heavy (non-hydrogen) atoms. The van der Waals surface area contributed by atoms with Gasteiger partial charge in [0.25, 0.3) is 0 Å². The molecule has 1 aliphatic rings. The summed E-state index contributed by atoms with van der Waals surface area (Å²) in [5, 5.41) is 2.63. The zero-order valence-corrected chi connectivity index (χ0v) is 14.9. The summed E-state index contributed by atoms with van der Waals surface area (Å²) in [6.07, 6.45) is 2.93. The van der Waals surface area contributed by atoms with Gasteiger partial charge in [-0.05, 0) is 46.5 Å². The molecule has 0 saturated heterocycles. The smallest absolute Gasteiger partial charge is 0.408 e. The van der Waals surface area contributed by atoms with Gasteiger partial charge in [0.05, 0.1) is 18.3 Å². The van der Waals surface area contributed by atoms with Crippen LogP contribution < -0.4 is 5.32 Å². The number of esters is 1. The van der Waals surface area contributed by atoms with Crippen molar-refractivity contribution in [2.75, 3.05) is 7.11 Å². The Hall–Kier alpha value is -1.63. The summed E-state index contributed by atoms with van der Waals surface area (Å²) in [4.78, 5) is 29.7. The number of amides is 1. The van der Waals surface area contributed by atoms with E-state index in [2.05, 4.69) is 10.3 Å². The number of thiazole rings is 1. The monoisotopic (exact) mass is 340 g/mol. The number of hydrogen-bond acceptors (Lipinski definition) is 6. The van der Waals surface area contributed by atoms with Gasteiger partial charge in [-0.25, -0.2) is 14.6 Å². The van der Waals surface area contributed by atoms with Crippen molar-refractivity contribution in [1.29, 1.82) is 0 Å². The maximum atomic E-state index is 12.0. The summed E-state index contributed by atoms with van der Waals surface area (Å²) in [6, 6.07) is -0.729. The molecule has 1 N–H and O–H groups in total. The number of aromatic nitrogens is 1. The molecule has 1 aromatic rings. The first-order valence-corrected chi connectivity index (χ1v) is 8.67. The zero-order chi connectivity index (χ0) is 17.0. The summed E-state index contributed by atoms with van der Waals surface area (Å²) in [5.74, 6) is -0.303. The van der Waals surface area contributed by atoms with Crippen molar-refractivity contribution >= 4 is 23.4 Å². The van der Waals surface area contributed by atoms with E-state index >= 15 is 0 Å². The molecule has 0 aliphatic heterocycles. The molecule has 0 fully saturated rings. The van der Waals surface area contributed by atoms with E-state index in [1.54, 1.807) is 32.1 Å². The van der Waals surface area contributed by atoms with Crippen LogP contribution in [0.1, 0.15) is 56.5 Å². The number of nitrogens with zero attached hydrogens (tertiary/aromatic N) is 1. The van der Waals surface area contributed by atoms with Crippen LogP contribution in [0.4, 0.5) is 4.79 Å². The quantitative estimate of drug-likeness (QED) is 0.853. The lowest BCUT2D eigenvalue weighted by molar-refractivity contribution is -0.143. The lowest BCUT2D eigenvalue weighted by atomic mass is 9.86. The Morgan fingerprint density at radius 3 is 2.87 bits per heavy atom. The molecular formula is C16H24N2O4S. The topological polar surface area (TPSA) is 77.5 Å². The number of alkyl carbamates (subject to hydrolysis) is 1. The van der Waals surface area contributed by atoms with Gasteiger partial charge in [-0.3, -0.25) is 0 Å². The van der Waals surface area contributed by atoms with Crippen LogP contribution in [0.15, 0.2) is 5.51 Å². The Balaban J connectivity index is 2.06. The lowest BCUT2D eigenvalue weighted by Crippen LogP contribution is -2.45. The summed E-state index contributed by atoms with van der Waals surface area (Å²) < 4.78 is 10.1. The molecule has 0 spiro atoms. The van der Waals surface area contributed by atoms with Crippen LogP contribution in [-0.2, 0) is 20.7 Å². The maximum absolute atomic E-state index is 12.0. The van der Waals surface area contributed by atoms with Crippen LogP contribution >= 0.6 is 11.3 Å². The predicted octanol–water partition coefficient (Wildman–Crippen LogP) is 3.02. The molecule has 2 atom stereocenters. The molecule has 1 heterocycles. The van der Waals surface area contributed by atoms with Crippen molar-refractivity contribution in [3.8, 4) is 0 Å². The van der Waals surface area contributed by atoms with Crippen molar-refractivity contribution in [2.45, 2.75) is 64.0 Å². The van der Waals surface area contributed by atoms with E-state index in [9.17, 15) is 9.59 Å². The minimum atomic E-state index is -0.729. The van der Waals surface area contributed by atoms with Gasteiger partial charge in [-0.2, -0.15) is 0 Å². The standard InChI is InChI=1S/C16H24N2O4S/c1-16(2,3)22-15(20)18-11(14(19)21-4)8-10-6-5-7-12-13(10)17-9-23-12/h9-11H,5-8H2,1-4H3,(H,18,20). The Kier molecular flexibility index (Phi) is 5.62. The number of methoxy groups -OCH3 is 1. The predicted molar refractivity (Wildman–Crippen MR) is 87.6 cm³/mol. The van der Waals surface area contributed by atoms with Gasteiger partial charge in [0.1, 0.15) is 11.6 Å². The van der Waals surface area contributed by atoms with Gasteiger partial charge in [-0.1, -0.05) is 0 Å². The van der Waals surface area contributed by atoms with Crippen LogP contribution in [0.5, 0.6) is 0 Å². The Morgan fingerprint density at radius 2 is 2.22 bits per heavy atom. The van der Waals surface area contributed by atoms with Gasteiger partial charge >= 0.3 is 12.1 Å². The molecule has 1 aromatic heterocycles. The summed E-state index contributed by atoms with van der Waals surface area (Å²) >= 11 is 1.65. The van der Waals surface area contributed by atoms with Gasteiger partial charge in [-0.15, -0.1) is 11.3 Å². The van der Waals surface area contributed by atoms with Crippen LogP contribution in [-0.4, -0.2) is 35.8 Å². The second kappa shape index (κ2) is 7.29. The van der Waals surface area contributed by atoms with E-state index in [0.29, 0.717) is 6.42 Å². The highest BCUT2D eigenvalue weighted by atomic mass is 32.1. The van der Waals surface area contributed by atoms with E-state index in [1.807, 2.05) is 5.51 Å². The van der Waals surface area contributed by atoms with E-state index < -0.39 is 23.7 Å². The summed E-state index contributed by atoms with van der Waals surface area (Å²) in [6.45, 7) is 5.34. The number of nitrogens with one attached hydrogen (secondary N) is 1. The number of carbonyl (C=O) groups is 2. The summed E-state index contributed by atoms with van der Waals surface area (Å²) in [7, 11) is 1.32. The Bertz CT molecular complexity index is 565. The fourth-order valence-electron chi connectivity index (χ4n) is 2.77. The number of rotatable bonds is 4. The van der Waals surface area contributed by atoms with Crippen molar-refractivity contribution in [3.63, 3.8) is 0 Å². The van der Waals surface area contributed by atoms with Crippen LogP contribution in [0.2, 0.25) is 0 Å². The van der Waals surface area contributed by atoms with Crippen molar-refractivity contribution in [1.82, 2.24) is 10.3 Å². The minimum Gasteiger partial charge on any atom is -0.467 e. The summed E-state index contributed by atoms with van der Waals surface area (Å²) in [5.41, 5.74) is 2.29. The van der Waals surface area contributed by atoms with Crippen molar-refractivity contribution < 1.29 is 19.1 Å². The number of fused-ring (bicyclic) bond motifs is 1. The van der Waals surface area contributed by atoms with Gasteiger partial charge in [0, 0.05) is 10.8 Å². The first-order valence-electron chi connectivity index (χ1n) is 7.79. The first-order chi connectivity index (χ1) is 10.8. The van der Waals surface area contributed by atoms with Crippen molar-refractivity contribution in [3.05, 3.63) is 16.1 Å². The number of ether oxygens (including phenoxy) is 2. The fraction of sp³-hybridized carbons (Fsp3) is 0.688. The molecule has 0 aromatic carbocycles. The highest BCUT2D eigenvalue weighted by Crippen LogP contribution is 2.35. The zero-order valence-electron chi connectivity index (χ0n) is 14.0. The normalized spacial score (nSPS) is 18.7. The van der Waals surface area contributed by atoms with Crippen LogP contribution in [0, 0.1) is 0 Å². The molecule has 2 rings (SSSR count). The second-order valence-electron chi connectivity index (χ2n) is 6.71. The van der Waals surface area contributed by atoms with E-state index in [1.165, 1.54) is 12.0 Å². The molecule has 0 radical (unpaired) electrons. The minimum absolute atomic E-state index is 0.157. The maximum Gasteiger partial charge on any atom is 0.408 e. The van der Waals surface area contributed by atoms with Crippen LogP contribution in [0.3, 0.4) is 0 Å². The first kappa shape index (κ1) is 17.7. The molecule has 6 nitrogen and oxygen atoms in total. The average molecular weight is 340 g/mol. The molecule has 0 bridgehead atoms. The van der Waals surface area contributed by atoms with Gasteiger partial charge < -0.3 is 14.8 Å². The fourth-order valence-corrected chi connectivity index (χ4v) is 3.66. The average Bonchev–Trinajstić information content (AvgIpc) is 2.93.